The average Bonchev–Trinajstić information content (AvgIpc) is 2.96. The van der Waals surface area contributed by atoms with Crippen LogP contribution in [0.5, 0.6) is 0 Å². The van der Waals surface area contributed by atoms with E-state index in [9.17, 15) is 27.2 Å². The number of urea groups is 2. The summed E-state index contributed by atoms with van der Waals surface area (Å²) in [7, 11) is 0. The van der Waals surface area contributed by atoms with E-state index in [0.29, 0.717) is 38.8 Å². The van der Waals surface area contributed by atoms with Crippen LogP contribution in [-0.2, 0) is 12.6 Å². The standard InChI is InChI=1S/C20H22F4N4O2/c21-14-2-1-13(15(4-14)20(22,23)24)3-12-5-18(6-12)8-27(9-18)17(30)28-10-19(11-28)7-25-16(29)26-19/h1-2,4,12H,3,5-11H2,(H2,25,26,29). The van der Waals surface area contributed by atoms with Gasteiger partial charge in [-0.1, -0.05) is 6.07 Å². The molecule has 4 aliphatic rings. The van der Waals surface area contributed by atoms with Crippen LogP contribution in [0.3, 0.4) is 0 Å². The number of hydrogen-bond donors (Lipinski definition) is 2. The van der Waals surface area contributed by atoms with Crippen molar-refractivity contribution in [1.29, 1.82) is 0 Å². The van der Waals surface area contributed by atoms with E-state index in [2.05, 4.69) is 10.6 Å². The van der Waals surface area contributed by atoms with Gasteiger partial charge in [-0.25, -0.2) is 14.0 Å². The van der Waals surface area contributed by atoms with Crippen LogP contribution < -0.4 is 10.6 Å². The van der Waals surface area contributed by atoms with E-state index in [0.717, 1.165) is 18.9 Å². The maximum atomic E-state index is 13.3. The molecule has 1 aromatic rings. The van der Waals surface area contributed by atoms with E-state index in [1.54, 1.807) is 9.80 Å². The predicted octanol–water partition coefficient (Wildman–Crippen LogP) is 2.59. The second-order valence-corrected chi connectivity index (χ2v) is 9.36. The number of likely N-dealkylation sites (tertiary alicyclic amines) is 2. The smallest absolute Gasteiger partial charge is 0.336 e. The van der Waals surface area contributed by atoms with E-state index in [-0.39, 0.29) is 40.9 Å². The van der Waals surface area contributed by atoms with Crippen LogP contribution >= 0.6 is 0 Å². The number of halogens is 4. The lowest BCUT2D eigenvalue weighted by atomic mass is 9.56. The van der Waals surface area contributed by atoms with E-state index in [1.807, 2.05) is 0 Å². The third-order valence-electron chi connectivity index (χ3n) is 6.88. The molecule has 5 rings (SSSR count). The Bertz CT molecular complexity index is 899. The molecule has 6 nitrogen and oxygen atoms in total. The van der Waals surface area contributed by atoms with Gasteiger partial charge in [0.15, 0.2) is 0 Å². The van der Waals surface area contributed by atoms with Crippen LogP contribution in [-0.4, -0.2) is 60.1 Å². The maximum absolute atomic E-state index is 13.3. The van der Waals surface area contributed by atoms with Gasteiger partial charge in [-0.3, -0.25) is 0 Å². The van der Waals surface area contributed by atoms with Gasteiger partial charge < -0.3 is 20.4 Å². The molecule has 162 valence electrons. The minimum absolute atomic E-state index is 0.00440. The first kappa shape index (κ1) is 19.4. The largest absolute Gasteiger partial charge is 0.416 e. The molecule has 4 fully saturated rings. The van der Waals surface area contributed by atoms with Crippen LogP contribution in [0.1, 0.15) is 24.0 Å². The molecule has 30 heavy (non-hydrogen) atoms. The zero-order valence-corrected chi connectivity index (χ0v) is 16.2. The lowest BCUT2D eigenvalue weighted by Gasteiger charge is -2.61. The first-order chi connectivity index (χ1) is 14.1. The summed E-state index contributed by atoms with van der Waals surface area (Å²) in [5, 5.41) is 5.56. The Morgan fingerprint density at radius 2 is 1.80 bits per heavy atom. The number of nitrogens with zero attached hydrogens (tertiary/aromatic N) is 2. The summed E-state index contributed by atoms with van der Waals surface area (Å²) >= 11 is 0. The van der Waals surface area contributed by atoms with Crippen LogP contribution in [0.15, 0.2) is 18.2 Å². The number of amides is 4. The Hall–Kier alpha value is -2.52. The van der Waals surface area contributed by atoms with Crippen LogP contribution in [0.25, 0.3) is 0 Å². The molecule has 10 heteroatoms. The number of nitrogens with one attached hydrogen (secondary N) is 2. The molecule has 2 spiro atoms. The minimum atomic E-state index is -4.57. The van der Waals surface area contributed by atoms with Crippen molar-refractivity contribution in [2.24, 2.45) is 11.3 Å². The number of rotatable bonds is 2. The van der Waals surface area contributed by atoms with Gasteiger partial charge in [-0.2, -0.15) is 13.2 Å². The zero-order valence-electron chi connectivity index (χ0n) is 16.2. The Kier molecular flexibility index (Phi) is 4.05. The van der Waals surface area contributed by atoms with Gasteiger partial charge in [-0.05, 0) is 42.9 Å². The molecule has 0 bridgehead atoms. The van der Waals surface area contributed by atoms with Crippen LogP contribution in [0, 0.1) is 17.2 Å². The quantitative estimate of drug-likeness (QED) is 0.715. The average molecular weight is 426 g/mol. The molecule has 3 aliphatic heterocycles. The number of alkyl halides is 3. The molecule has 4 amide bonds. The SMILES string of the molecule is O=C1NCC2(CN(C(=O)N3CC4(CC(Cc5ccc(F)cc5C(F)(F)F)C4)C3)C2)N1. The molecule has 1 aliphatic carbocycles. The van der Waals surface area contributed by atoms with Crippen molar-refractivity contribution < 1.29 is 27.2 Å². The van der Waals surface area contributed by atoms with Crippen molar-refractivity contribution in [3.63, 3.8) is 0 Å². The van der Waals surface area contributed by atoms with Gasteiger partial charge in [0.2, 0.25) is 0 Å². The highest BCUT2D eigenvalue weighted by Gasteiger charge is 2.57. The molecule has 1 saturated carbocycles. The maximum Gasteiger partial charge on any atom is 0.416 e. The number of carbonyl (C=O) groups is 2. The first-order valence-corrected chi connectivity index (χ1v) is 10.0. The molecule has 1 aromatic carbocycles. The second kappa shape index (κ2) is 6.24. The van der Waals surface area contributed by atoms with E-state index >= 15 is 0 Å². The third-order valence-corrected chi connectivity index (χ3v) is 6.88. The highest BCUT2D eigenvalue weighted by atomic mass is 19.4. The van der Waals surface area contributed by atoms with Crippen LogP contribution in [0.4, 0.5) is 27.2 Å². The first-order valence-electron chi connectivity index (χ1n) is 10.0. The molecule has 0 aromatic heterocycles. The van der Waals surface area contributed by atoms with E-state index < -0.39 is 17.6 Å². The van der Waals surface area contributed by atoms with Crippen molar-refractivity contribution in [3.8, 4) is 0 Å². The summed E-state index contributed by atoms with van der Waals surface area (Å²) in [4.78, 5) is 27.4. The topological polar surface area (TPSA) is 64.7 Å². The summed E-state index contributed by atoms with van der Waals surface area (Å²) in [5.41, 5.74) is -1.10. The van der Waals surface area contributed by atoms with E-state index in [4.69, 9.17) is 0 Å². The minimum Gasteiger partial charge on any atom is -0.336 e. The van der Waals surface area contributed by atoms with Gasteiger partial charge in [0.25, 0.3) is 0 Å². The monoisotopic (exact) mass is 426 g/mol. The molecule has 2 N–H and O–H groups in total. The fraction of sp³-hybridized carbons (Fsp3) is 0.600. The van der Waals surface area contributed by atoms with Gasteiger partial charge in [0.1, 0.15) is 5.82 Å². The lowest BCUT2D eigenvalue weighted by molar-refractivity contribution is -0.138. The fourth-order valence-electron chi connectivity index (χ4n) is 5.56. The Morgan fingerprint density at radius 1 is 1.13 bits per heavy atom. The van der Waals surface area contributed by atoms with Gasteiger partial charge in [0.05, 0.1) is 11.1 Å². The van der Waals surface area contributed by atoms with Crippen molar-refractivity contribution in [2.45, 2.75) is 31.0 Å². The van der Waals surface area contributed by atoms with Crippen molar-refractivity contribution >= 4 is 12.1 Å². The number of benzene rings is 1. The number of carbonyl (C=O) groups excluding carboxylic acids is 2. The molecule has 3 saturated heterocycles. The molecular formula is C20H22F4N4O2. The fourth-order valence-corrected chi connectivity index (χ4v) is 5.56. The van der Waals surface area contributed by atoms with Gasteiger partial charge >= 0.3 is 18.2 Å². The second-order valence-electron chi connectivity index (χ2n) is 9.36. The summed E-state index contributed by atoms with van der Waals surface area (Å²) in [6, 6.07) is 2.62. The molecular weight excluding hydrogens is 404 g/mol. The van der Waals surface area contributed by atoms with Gasteiger partial charge in [-0.15, -0.1) is 0 Å². The Labute approximate surface area is 170 Å². The lowest BCUT2D eigenvalue weighted by Crippen LogP contribution is -2.74. The molecule has 3 heterocycles. The highest BCUT2D eigenvalue weighted by Crippen LogP contribution is 2.53. The zero-order chi connectivity index (χ0) is 21.3. The summed E-state index contributed by atoms with van der Waals surface area (Å²) in [6.07, 6.45) is -2.75. The van der Waals surface area contributed by atoms with E-state index in [1.165, 1.54) is 6.07 Å². The van der Waals surface area contributed by atoms with Crippen molar-refractivity contribution in [1.82, 2.24) is 20.4 Å². The molecule has 0 atom stereocenters. The summed E-state index contributed by atoms with van der Waals surface area (Å²) in [5.74, 6) is -0.772. The predicted molar refractivity (Wildman–Crippen MR) is 98.1 cm³/mol. The van der Waals surface area contributed by atoms with Gasteiger partial charge in [0, 0.05) is 38.1 Å². The van der Waals surface area contributed by atoms with Crippen molar-refractivity contribution in [3.05, 3.63) is 35.1 Å². The summed E-state index contributed by atoms with van der Waals surface area (Å²) in [6.45, 7) is 2.73. The third kappa shape index (κ3) is 3.16. The highest BCUT2D eigenvalue weighted by molar-refractivity contribution is 5.81. The summed E-state index contributed by atoms with van der Waals surface area (Å²) < 4.78 is 52.8. The van der Waals surface area contributed by atoms with Crippen LogP contribution in [0.2, 0.25) is 0 Å². The number of hydrogen-bond acceptors (Lipinski definition) is 2. The molecule has 0 unspecified atom stereocenters. The Morgan fingerprint density at radius 3 is 2.40 bits per heavy atom. The normalized spacial score (nSPS) is 24.2. The molecule has 0 radical (unpaired) electrons. The Balaban J connectivity index is 1.11. The van der Waals surface area contributed by atoms with Crippen molar-refractivity contribution in [2.75, 3.05) is 32.7 Å².